The number of hydrazone groups is 1. The van der Waals surface area contributed by atoms with Crippen LogP contribution in [0.15, 0.2) is 35.6 Å². The van der Waals surface area contributed by atoms with Gasteiger partial charge in [0, 0.05) is 17.3 Å². The lowest BCUT2D eigenvalue weighted by Crippen LogP contribution is -2.46. The van der Waals surface area contributed by atoms with E-state index in [9.17, 15) is 14.3 Å². The van der Waals surface area contributed by atoms with Crippen LogP contribution in [0.2, 0.25) is 5.02 Å². The molecule has 4 rings (SSSR count). The van der Waals surface area contributed by atoms with E-state index in [1.165, 1.54) is 11.2 Å². The normalized spacial score (nSPS) is 18.9. The number of rotatable bonds is 7. The van der Waals surface area contributed by atoms with E-state index in [0.717, 1.165) is 19.0 Å². The van der Waals surface area contributed by atoms with Crippen LogP contribution in [0.3, 0.4) is 0 Å². The molecule has 4 N–H and O–H groups in total. The number of hydrogen-bond acceptors (Lipinski definition) is 7. The predicted octanol–water partition coefficient (Wildman–Crippen LogP) is 2.05. The minimum atomic E-state index is -0.617. The van der Waals surface area contributed by atoms with Gasteiger partial charge in [-0.05, 0) is 30.5 Å². The van der Waals surface area contributed by atoms with Crippen LogP contribution >= 0.6 is 11.6 Å². The molecule has 2 atom stereocenters. The molecule has 2 amide bonds. The molecule has 0 radical (unpaired) electrons. The maximum atomic E-state index is 14.2. The fourth-order valence-electron chi connectivity index (χ4n) is 3.01. The Hall–Kier alpha value is -2.98. The Morgan fingerprint density at radius 2 is 2.23 bits per heavy atom. The molecule has 1 saturated carbocycles. The highest BCUT2D eigenvalue weighted by molar-refractivity contribution is 6.30. The number of aromatic nitrogens is 2. The van der Waals surface area contributed by atoms with Crippen LogP contribution in [0.1, 0.15) is 24.4 Å². The van der Waals surface area contributed by atoms with Crippen molar-refractivity contribution in [2.45, 2.75) is 31.0 Å². The van der Waals surface area contributed by atoms with E-state index in [-0.39, 0.29) is 19.0 Å². The summed E-state index contributed by atoms with van der Waals surface area (Å²) in [5, 5.41) is 24.2. The van der Waals surface area contributed by atoms with Crippen LogP contribution in [0.4, 0.5) is 21.0 Å². The van der Waals surface area contributed by atoms with E-state index < -0.39 is 23.9 Å². The number of carbonyl (C=O) groups is 1. The monoisotopic (exact) mass is 433 g/mol. The summed E-state index contributed by atoms with van der Waals surface area (Å²) < 4.78 is 14.2. The molecular formula is C19H21ClFN7O2. The van der Waals surface area contributed by atoms with Crippen molar-refractivity contribution in [3.05, 3.63) is 46.9 Å². The lowest BCUT2D eigenvalue weighted by atomic mass is 10.1. The number of nitrogens with zero attached hydrogens (tertiary/aromatic N) is 4. The van der Waals surface area contributed by atoms with Gasteiger partial charge in [0.1, 0.15) is 0 Å². The summed E-state index contributed by atoms with van der Waals surface area (Å²) in [5.41, 5.74) is 0.681. The zero-order valence-corrected chi connectivity index (χ0v) is 16.7. The molecule has 0 bridgehead atoms. The highest BCUT2D eigenvalue weighted by atomic mass is 35.5. The number of nitrogens with one attached hydrogen (secondary N) is 3. The topological polar surface area (TPSA) is 115 Å². The molecule has 158 valence electrons. The molecule has 1 unspecified atom stereocenters. The zero-order valence-electron chi connectivity index (χ0n) is 15.9. The molecule has 1 aliphatic carbocycles. The number of anilines is 2. The highest BCUT2D eigenvalue weighted by Gasteiger charge is 2.27. The number of hydrogen-bond donors (Lipinski definition) is 4. The third-order valence-electron chi connectivity index (χ3n) is 4.69. The molecule has 30 heavy (non-hydrogen) atoms. The quantitative estimate of drug-likeness (QED) is 0.531. The summed E-state index contributed by atoms with van der Waals surface area (Å²) in [6, 6.07) is 5.65. The molecule has 1 aromatic heterocycles. The van der Waals surface area contributed by atoms with Crippen molar-refractivity contribution in [3.63, 3.8) is 0 Å². The lowest BCUT2D eigenvalue weighted by Gasteiger charge is -2.20. The SMILES string of the molecule is O=C(NC1C=NN(c2nc(NC3CC3)ncc2F)C1)N[C@H](CO)c1cccc(Cl)c1. The molecule has 9 nitrogen and oxygen atoms in total. The minimum Gasteiger partial charge on any atom is -0.394 e. The molecule has 1 aliphatic heterocycles. The van der Waals surface area contributed by atoms with Gasteiger partial charge < -0.3 is 21.1 Å². The fraction of sp³-hybridized carbons (Fsp3) is 0.368. The van der Waals surface area contributed by atoms with Crippen LogP contribution in [-0.2, 0) is 0 Å². The molecule has 11 heteroatoms. The van der Waals surface area contributed by atoms with Gasteiger partial charge in [0.2, 0.25) is 5.95 Å². The second kappa shape index (κ2) is 8.80. The van der Waals surface area contributed by atoms with Gasteiger partial charge in [0.25, 0.3) is 0 Å². The van der Waals surface area contributed by atoms with E-state index in [0.29, 0.717) is 22.6 Å². The first kappa shape index (κ1) is 20.3. The van der Waals surface area contributed by atoms with Crippen LogP contribution in [0.25, 0.3) is 0 Å². The summed E-state index contributed by atoms with van der Waals surface area (Å²) in [6.07, 6.45) is 4.70. The van der Waals surface area contributed by atoms with E-state index in [1.54, 1.807) is 24.3 Å². The first-order chi connectivity index (χ1) is 14.5. The predicted molar refractivity (Wildman–Crippen MR) is 111 cm³/mol. The first-order valence-corrected chi connectivity index (χ1v) is 9.93. The molecule has 0 saturated heterocycles. The number of urea groups is 1. The molecule has 2 aromatic rings. The van der Waals surface area contributed by atoms with Crippen molar-refractivity contribution in [1.82, 2.24) is 20.6 Å². The minimum absolute atomic E-state index is 0.0428. The standard InChI is InChI=1S/C19H21ClFN7O2/c20-12-3-1-2-11(6-12)16(10-29)26-19(30)25-14-7-23-28(9-14)17-15(21)8-22-18(27-17)24-13-4-5-13/h1-3,6-8,13-14,16,29H,4-5,9-10H2,(H,22,24,27)(H2,25,26,30)/t14?,16-/m1/s1. The molecule has 2 heterocycles. The van der Waals surface area contributed by atoms with E-state index in [4.69, 9.17) is 11.6 Å². The van der Waals surface area contributed by atoms with Gasteiger partial charge in [-0.15, -0.1) is 0 Å². The number of benzene rings is 1. The second-order valence-electron chi connectivity index (χ2n) is 7.14. The maximum absolute atomic E-state index is 14.2. The van der Waals surface area contributed by atoms with Crippen molar-refractivity contribution in [1.29, 1.82) is 0 Å². The van der Waals surface area contributed by atoms with Crippen molar-refractivity contribution in [2.75, 3.05) is 23.5 Å². The van der Waals surface area contributed by atoms with Gasteiger partial charge >= 0.3 is 6.03 Å². The van der Waals surface area contributed by atoms with Gasteiger partial charge in [-0.1, -0.05) is 23.7 Å². The van der Waals surface area contributed by atoms with E-state index in [1.807, 2.05) is 0 Å². The van der Waals surface area contributed by atoms with Gasteiger partial charge in [-0.3, -0.25) is 0 Å². The summed E-state index contributed by atoms with van der Waals surface area (Å²) in [7, 11) is 0. The third kappa shape index (κ3) is 4.95. The van der Waals surface area contributed by atoms with E-state index >= 15 is 0 Å². The lowest BCUT2D eigenvalue weighted by molar-refractivity contribution is 0.216. The smallest absolute Gasteiger partial charge is 0.315 e. The number of halogens is 2. The maximum Gasteiger partial charge on any atom is 0.315 e. The zero-order chi connectivity index (χ0) is 21.1. The summed E-state index contributed by atoms with van der Waals surface area (Å²) in [5.74, 6) is -0.202. The average Bonchev–Trinajstić information content (AvgIpc) is 3.43. The number of aliphatic hydroxyl groups is 1. The van der Waals surface area contributed by atoms with Crippen molar-refractivity contribution in [3.8, 4) is 0 Å². The molecule has 2 aliphatic rings. The number of carbonyl (C=O) groups excluding carboxylic acids is 1. The Morgan fingerprint density at radius 1 is 1.40 bits per heavy atom. The Morgan fingerprint density at radius 3 is 2.97 bits per heavy atom. The number of amides is 2. The van der Waals surface area contributed by atoms with Gasteiger partial charge in [0.15, 0.2) is 11.6 Å². The molecule has 1 aromatic carbocycles. The second-order valence-corrected chi connectivity index (χ2v) is 7.58. The van der Waals surface area contributed by atoms with Crippen molar-refractivity contribution < 1.29 is 14.3 Å². The molecule has 0 spiro atoms. The van der Waals surface area contributed by atoms with Crippen LogP contribution in [-0.4, -0.2) is 52.6 Å². The van der Waals surface area contributed by atoms with Crippen LogP contribution in [0.5, 0.6) is 0 Å². The summed E-state index contributed by atoms with van der Waals surface area (Å²) in [6.45, 7) is -0.0766. The van der Waals surface area contributed by atoms with Crippen LogP contribution < -0.4 is 21.0 Å². The van der Waals surface area contributed by atoms with Gasteiger partial charge in [-0.2, -0.15) is 10.1 Å². The third-order valence-corrected chi connectivity index (χ3v) is 4.93. The summed E-state index contributed by atoms with van der Waals surface area (Å²) in [4.78, 5) is 20.5. The van der Waals surface area contributed by atoms with Gasteiger partial charge in [-0.25, -0.2) is 19.2 Å². The highest BCUT2D eigenvalue weighted by Crippen LogP contribution is 2.25. The summed E-state index contributed by atoms with van der Waals surface area (Å²) >= 11 is 5.97. The Balaban J connectivity index is 1.34. The fourth-order valence-corrected chi connectivity index (χ4v) is 3.21. The molecular weight excluding hydrogens is 413 g/mol. The Bertz CT molecular complexity index is 956. The van der Waals surface area contributed by atoms with Crippen molar-refractivity contribution >= 4 is 35.6 Å². The van der Waals surface area contributed by atoms with Crippen molar-refractivity contribution in [2.24, 2.45) is 5.10 Å². The average molecular weight is 434 g/mol. The first-order valence-electron chi connectivity index (χ1n) is 9.56. The molecule has 1 fully saturated rings. The van der Waals surface area contributed by atoms with Gasteiger partial charge in [0.05, 0.1) is 31.4 Å². The Labute approximate surface area is 177 Å². The van der Waals surface area contributed by atoms with E-state index in [2.05, 4.69) is 31.0 Å². The van der Waals surface area contributed by atoms with Crippen LogP contribution in [0, 0.1) is 5.82 Å². The number of aliphatic hydroxyl groups excluding tert-OH is 1. The largest absolute Gasteiger partial charge is 0.394 e. The Kier molecular flexibility index (Phi) is 5.96.